The number of hydrogen-bond acceptors (Lipinski definition) is 3. The Kier molecular flexibility index (Phi) is 8.29. The fourth-order valence-corrected chi connectivity index (χ4v) is 5.82. The van der Waals surface area contributed by atoms with E-state index in [1.165, 1.54) is 76.8 Å². The maximum absolute atomic E-state index is 5.92. The van der Waals surface area contributed by atoms with Crippen LogP contribution in [0.4, 0.5) is 0 Å². The van der Waals surface area contributed by atoms with Crippen LogP contribution in [0.25, 0.3) is 0 Å². The molecule has 0 saturated heterocycles. The van der Waals surface area contributed by atoms with Crippen molar-refractivity contribution in [3.8, 4) is 0 Å². The van der Waals surface area contributed by atoms with E-state index in [-0.39, 0.29) is 0 Å². The molecule has 2 fully saturated rings. The lowest BCUT2D eigenvalue weighted by Crippen LogP contribution is -2.47. The van der Waals surface area contributed by atoms with Crippen LogP contribution in [0.5, 0.6) is 0 Å². The van der Waals surface area contributed by atoms with Crippen molar-refractivity contribution in [2.45, 2.75) is 89.3 Å². The van der Waals surface area contributed by atoms with Crippen molar-refractivity contribution in [1.82, 2.24) is 9.88 Å². The largest absolute Gasteiger partial charge is 0.406 e. The van der Waals surface area contributed by atoms with Gasteiger partial charge in [-0.15, -0.1) is 0 Å². The van der Waals surface area contributed by atoms with Crippen LogP contribution in [-0.2, 0) is 4.43 Å². The van der Waals surface area contributed by atoms with Gasteiger partial charge in [-0.25, -0.2) is 0 Å². The van der Waals surface area contributed by atoms with Gasteiger partial charge in [-0.1, -0.05) is 38.5 Å². The van der Waals surface area contributed by atoms with Gasteiger partial charge in [0.15, 0.2) is 0 Å². The molecule has 0 aromatic carbocycles. The molecular formula is C17H36N2OSi. The van der Waals surface area contributed by atoms with Crippen molar-refractivity contribution in [3.63, 3.8) is 0 Å². The van der Waals surface area contributed by atoms with E-state index in [1.54, 1.807) is 0 Å². The topological polar surface area (TPSA) is 24.5 Å². The first-order valence-electron chi connectivity index (χ1n) is 9.39. The van der Waals surface area contributed by atoms with Crippen LogP contribution in [-0.4, -0.2) is 46.4 Å². The van der Waals surface area contributed by atoms with Crippen LogP contribution in [0.3, 0.4) is 0 Å². The minimum absolute atomic E-state index is 0.866. The molecule has 124 valence electrons. The van der Waals surface area contributed by atoms with E-state index >= 15 is 0 Å². The molecule has 4 heteroatoms. The predicted octanol–water partition coefficient (Wildman–Crippen LogP) is 3.43. The minimum Gasteiger partial charge on any atom is -0.406 e. The Morgan fingerprint density at radius 3 is 1.90 bits per heavy atom. The van der Waals surface area contributed by atoms with Crippen molar-refractivity contribution in [1.29, 1.82) is 0 Å². The van der Waals surface area contributed by atoms with Crippen LogP contribution >= 0.6 is 0 Å². The number of hydrogen-bond donors (Lipinski definition) is 1. The van der Waals surface area contributed by atoms with Gasteiger partial charge in [0.05, 0.1) is 0 Å². The summed E-state index contributed by atoms with van der Waals surface area (Å²) in [4.78, 5) is 6.37. The second-order valence-corrected chi connectivity index (χ2v) is 9.31. The van der Waals surface area contributed by atoms with Gasteiger partial charge in [-0.2, -0.15) is 0 Å². The molecule has 2 saturated carbocycles. The SMILES string of the molecule is CCO[SiH](CCN(C1CCCCC1)C1CCCCC1)NC. The van der Waals surface area contributed by atoms with Gasteiger partial charge in [0.1, 0.15) is 0 Å². The standard InChI is InChI=1S/C17H36N2OSi/c1-3-20-21(18-2)15-14-19(16-10-6-4-7-11-16)17-12-8-5-9-13-17/h16-18,21H,3-15H2,1-2H3. The van der Waals surface area contributed by atoms with Crippen molar-refractivity contribution >= 4 is 9.20 Å². The van der Waals surface area contributed by atoms with Crippen molar-refractivity contribution < 1.29 is 4.43 Å². The van der Waals surface area contributed by atoms with E-state index in [9.17, 15) is 0 Å². The van der Waals surface area contributed by atoms with Gasteiger partial charge in [0.25, 0.3) is 9.20 Å². The maximum atomic E-state index is 5.92. The quantitative estimate of drug-likeness (QED) is 0.695. The minimum atomic E-state index is -1.17. The van der Waals surface area contributed by atoms with Crippen molar-refractivity contribution in [2.24, 2.45) is 0 Å². The van der Waals surface area contributed by atoms with E-state index in [0.29, 0.717) is 0 Å². The Labute approximate surface area is 133 Å². The molecule has 2 aliphatic carbocycles. The second kappa shape index (κ2) is 9.98. The Morgan fingerprint density at radius 1 is 0.952 bits per heavy atom. The number of nitrogens with zero attached hydrogens (tertiary/aromatic N) is 1. The molecule has 0 heterocycles. The number of nitrogens with one attached hydrogen (secondary N) is 1. The summed E-state index contributed by atoms with van der Waals surface area (Å²) in [5, 5.41) is 0. The van der Waals surface area contributed by atoms with E-state index in [0.717, 1.165) is 18.7 Å². The molecule has 0 aromatic rings. The first kappa shape index (κ1) is 17.5. The zero-order valence-corrected chi connectivity index (χ0v) is 15.4. The maximum Gasteiger partial charge on any atom is 0.253 e. The molecule has 0 radical (unpaired) electrons. The van der Waals surface area contributed by atoms with Gasteiger partial charge >= 0.3 is 0 Å². The molecule has 0 aliphatic heterocycles. The Hall–Kier alpha value is 0.0969. The monoisotopic (exact) mass is 312 g/mol. The molecule has 0 amide bonds. The van der Waals surface area contributed by atoms with Crippen LogP contribution in [0, 0.1) is 0 Å². The third-order valence-corrected chi connectivity index (χ3v) is 7.59. The van der Waals surface area contributed by atoms with Crippen LogP contribution in [0.1, 0.15) is 71.1 Å². The average Bonchev–Trinajstić information content (AvgIpc) is 2.56. The molecule has 1 N–H and O–H groups in total. The highest BCUT2D eigenvalue weighted by Crippen LogP contribution is 2.30. The highest BCUT2D eigenvalue weighted by Gasteiger charge is 2.29. The highest BCUT2D eigenvalue weighted by atomic mass is 28.3. The van der Waals surface area contributed by atoms with E-state index in [2.05, 4.69) is 23.9 Å². The van der Waals surface area contributed by atoms with Crippen molar-refractivity contribution in [3.05, 3.63) is 0 Å². The molecule has 0 spiro atoms. The first-order chi connectivity index (χ1) is 10.3. The summed E-state index contributed by atoms with van der Waals surface area (Å²) in [5.74, 6) is 0. The summed E-state index contributed by atoms with van der Waals surface area (Å²) in [5.41, 5.74) is 0. The average molecular weight is 313 g/mol. The van der Waals surface area contributed by atoms with Gasteiger partial charge in [-0.3, -0.25) is 4.90 Å². The summed E-state index contributed by atoms with van der Waals surface area (Å²) in [6.45, 7) is 4.26. The third-order valence-electron chi connectivity index (χ3n) is 5.43. The van der Waals surface area contributed by atoms with E-state index < -0.39 is 9.20 Å². The van der Waals surface area contributed by atoms with Gasteiger partial charge in [-0.05, 0) is 52.2 Å². The fourth-order valence-electron chi connectivity index (χ4n) is 4.27. The summed E-state index contributed by atoms with van der Waals surface area (Å²) < 4.78 is 5.92. The summed E-state index contributed by atoms with van der Waals surface area (Å²) in [6, 6.07) is 3.00. The second-order valence-electron chi connectivity index (χ2n) is 6.84. The predicted molar refractivity (Wildman–Crippen MR) is 93.1 cm³/mol. The van der Waals surface area contributed by atoms with E-state index in [4.69, 9.17) is 4.43 Å². The lowest BCUT2D eigenvalue weighted by molar-refractivity contribution is 0.0856. The molecule has 0 bridgehead atoms. The molecule has 2 rings (SSSR count). The smallest absolute Gasteiger partial charge is 0.253 e. The molecule has 2 aliphatic rings. The Morgan fingerprint density at radius 2 is 1.48 bits per heavy atom. The summed E-state index contributed by atoms with van der Waals surface area (Å²) in [6.07, 6.45) is 14.5. The molecule has 3 nitrogen and oxygen atoms in total. The molecule has 0 aromatic heterocycles. The molecular weight excluding hydrogens is 276 g/mol. The molecule has 1 atom stereocenters. The van der Waals surface area contributed by atoms with Crippen LogP contribution in [0.2, 0.25) is 6.04 Å². The van der Waals surface area contributed by atoms with E-state index in [1.807, 2.05) is 0 Å². The highest BCUT2D eigenvalue weighted by molar-refractivity contribution is 6.48. The van der Waals surface area contributed by atoms with Gasteiger partial charge < -0.3 is 9.41 Å². The summed E-state index contributed by atoms with van der Waals surface area (Å²) >= 11 is 0. The zero-order chi connectivity index (χ0) is 14.9. The summed E-state index contributed by atoms with van der Waals surface area (Å²) in [7, 11) is 0.912. The van der Waals surface area contributed by atoms with Crippen molar-refractivity contribution in [2.75, 3.05) is 20.2 Å². The lowest BCUT2D eigenvalue weighted by Gasteiger charge is -2.42. The first-order valence-corrected chi connectivity index (χ1v) is 11.3. The van der Waals surface area contributed by atoms with Crippen LogP contribution in [0.15, 0.2) is 0 Å². The fraction of sp³-hybridized carbons (Fsp3) is 1.00. The van der Waals surface area contributed by atoms with Gasteiger partial charge in [0, 0.05) is 18.7 Å². The van der Waals surface area contributed by atoms with Crippen LogP contribution < -0.4 is 4.98 Å². The zero-order valence-electron chi connectivity index (χ0n) is 14.3. The normalized spacial score (nSPS) is 23.6. The third kappa shape index (κ3) is 5.66. The number of rotatable bonds is 8. The lowest BCUT2D eigenvalue weighted by atomic mass is 9.89. The molecule has 21 heavy (non-hydrogen) atoms. The molecule has 1 unspecified atom stereocenters. The van der Waals surface area contributed by atoms with Gasteiger partial charge in [0.2, 0.25) is 0 Å². The Bertz CT molecular complexity index is 248. The Balaban J connectivity index is 1.90.